The van der Waals surface area contributed by atoms with E-state index in [9.17, 15) is 9.90 Å². The van der Waals surface area contributed by atoms with Gasteiger partial charge in [0.25, 0.3) is 0 Å². The Labute approximate surface area is 102 Å². The summed E-state index contributed by atoms with van der Waals surface area (Å²) in [5.41, 5.74) is 0.701. The highest BCUT2D eigenvalue weighted by Gasteiger charge is 2.55. The van der Waals surface area contributed by atoms with Gasteiger partial charge in [0.05, 0.1) is 5.41 Å². The predicted octanol–water partition coefficient (Wildman–Crippen LogP) is 3.12. The monoisotopic (exact) mass is 230 g/mol. The zero-order valence-electron chi connectivity index (χ0n) is 9.93. The van der Waals surface area contributed by atoms with Crippen LogP contribution in [-0.2, 0) is 11.2 Å². The van der Waals surface area contributed by atoms with E-state index >= 15 is 0 Å². The molecule has 0 heterocycles. The molecular formula is C15H18O2. The fourth-order valence-electron chi connectivity index (χ4n) is 3.96. The maximum atomic E-state index is 11.7. The second-order valence-electron chi connectivity index (χ2n) is 5.70. The summed E-state index contributed by atoms with van der Waals surface area (Å²) in [6.07, 6.45) is 5.10. The summed E-state index contributed by atoms with van der Waals surface area (Å²) < 4.78 is 0. The molecule has 0 aromatic heterocycles. The molecule has 2 nitrogen and oxygen atoms in total. The van der Waals surface area contributed by atoms with Crippen LogP contribution in [0.15, 0.2) is 30.3 Å². The van der Waals surface area contributed by atoms with Crippen LogP contribution in [-0.4, -0.2) is 11.1 Å². The maximum Gasteiger partial charge on any atom is 0.310 e. The SMILES string of the molecule is O=C(O)[C@]1(Cc2ccccc2)C[C@H]2CC[C@H]1C2. The van der Waals surface area contributed by atoms with E-state index in [-0.39, 0.29) is 0 Å². The number of carboxylic acid groups (broad SMARTS) is 1. The van der Waals surface area contributed by atoms with Gasteiger partial charge < -0.3 is 5.11 Å². The van der Waals surface area contributed by atoms with E-state index in [1.165, 1.54) is 12.0 Å². The highest BCUT2D eigenvalue weighted by atomic mass is 16.4. The minimum Gasteiger partial charge on any atom is -0.481 e. The zero-order valence-corrected chi connectivity index (χ0v) is 9.93. The van der Waals surface area contributed by atoms with Crippen molar-refractivity contribution in [1.82, 2.24) is 0 Å². The Balaban J connectivity index is 1.89. The molecule has 17 heavy (non-hydrogen) atoms. The molecule has 1 aromatic carbocycles. The normalized spacial score (nSPS) is 35.1. The molecule has 0 aliphatic heterocycles. The van der Waals surface area contributed by atoms with Gasteiger partial charge in [0.1, 0.15) is 0 Å². The number of hydrogen-bond acceptors (Lipinski definition) is 1. The molecule has 90 valence electrons. The van der Waals surface area contributed by atoms with E-state index < -0.39 is 11.4 Å². The van der Waals surface area contributed by atoms with Gasteiger partial charge in [-0.05, 0) is 43.1 Å². The first-order valence-electron chi connectivity index (χ1n) is 6.48. The molecule has 0 amide bonds. The fourth-order valence-corrected chi connectivity index (χ4v) is 3.96. The Kier molecular flexibility index (Phi) is 2.46. The van der Waals surface area contributed by atoms with Crippen LogP contribution in [0.25, 0.3) is 0 Å². The molecule has 1 aromatic rings. The molecule has 0 unspecified atom stereocenters. The molecule has 0 spiro atoms. The van der Waals surface area contributed by atoms with Gasteiger partial charge in [-0.25, -0.2) is 0 Å². The maximum absolute atomic E-state index is 11.7. The van der Waals surface area contributed by atoms with E-state index in [1.54, 1.807) is 0 Å². The van der Waals surface area contributed by atoms with Gasteiger partial charge >= 0.3 is 5.97 Å². The van der Waals surface area contributed by atoms with E-state index in [1.807, 2.05) is 18.2 Å². The molecule has 2 aliphatic carbocycles. The van der Waals surface area contributed by atoms with Crippen LogP contribution in [0.3, 0.4) is 0 Å². The summed E-state index contributed by atoms with van der Waals surface area (Å²) in [5, 5.41) is 9.65. The lowest BCUT2D eigenvalue weighted by molar-refractivity contribution is -0.152. The Morgan fingerprint density at radius 1 is 1.29 bits per heavy atom. The smallest absolute Gasteiger partial charge is 0.310 e. The van der Waals surface area contributed by atoms with Gasteiger partial charge in [-0.1, -0.05) is 36.8 Å². The van der Waals surface area contributed by atoms with Gasteiger partial charge in [0.15, 0.2) is 0 Å². The lowest BCUT2D eigenvalue weighted by atomic mass is 9.69. The number of rotatable bonds is 3. The third kappa shape index (κ3) is 1.67. The molecule has 3 atom stereocenters. The first kappa shape index (κ1) is 10.8. The summed E-state index contributed by atoms with van der Waals surface area (Å²) in [7, 11) is 0. The first-order chi connectivity index (χ1) is 8.21. The van der Waals surface area contributed by atoms with Gasteiger partial charge in [-0.15, -0.1) is 0 Å². The molecule has 0 saturated heterocycles. The van der Waals surface area contributed by atoms with Gasteiger partial charge in [-0.2, -0.15) is 0 Å². The number of benzene rings is 1. The standard InChI is InChI=1S/C15H18O2/c16-14(17)15(9-11-4-2-1-3-5-11)10-12-6-7-13(15)8-12/h1-5,12-13H,6-10H2,(H,16,17)/t12-,13-,15+/m0/s1. The Morgan fingerprint density at radius 2 is 2.06 bits per heavy atom. The summed E-state index contributed by atoms with van der Waals surface area (Å²) >= 11 is 0. The molecule has 2 saturated carbocycles. The zero-order chi connectivity index (χ0) is 11.9. The van der Waals surface area contributed by atoms with Crippen LogP contribution < -0.4 is 0 Å². The van der Waals surface area contributed by atoms with Crippen molar-refractivity contribution in [2.24, 2.45) is 17.3 Å². The molecular weight excluding hydrogens is 212 g/mol. The minimum atomic E-state index is -0.575. The van der Waals surface area contributed by atoms with E-state index in [0.717, 1.165) is 19.3 Å². The lowest BCUT2D eigenvalue weighted by Gasteiger charge is -2.33. The number of fused-ring (bicyclic) bond motifs is 2. The van der Waals surface area contributed by atoms with Crippen LogP contribution in [0.2, 0.25) is 0 Å². The molecule has 0 radical (unpaired) electrons. The van der Waals surface area contributed by atoms with Crippen molar-refractivity contribution >= 4 is 5.97 Å². The van der Waals surface area contributed by atoms with Crippen molar-refractivity contribution in [3.05, 3.63) is 35.9 Å². The van der Waals surface area contributed by atoms with Crippen LogP contribution in [0.1, 0.15) is 31.2 Å². The van der Waals surface area contributed by atoms with Crippen LogP contribution in [0.5, 0.6) is 0 Å². The van der Waals surface area contributed by atoms with Crippen molar-refractivity contribution in [3.63, 3.8) is 0 Å². The predicted molar refractivity (Wildman–Crippen MR) is 65.7 cm³/mol. The van der Waals surface area contributed by atoms with Gasteiger partial charge in [0.2, 0.25) is 0 Å². The minimum absolute atomic E-state index is 0.408. The van der Waals surface area contributed by atoms with Crippen LogP contribution in [0, 0.1) is 17.3 Å². The second kappa shape index (κ2) is 3.86. The highest BCUT2D eigenvalue weighted by molar-refractivity contribution is 5.76. The highest BCUT2D eigenvalue weighted by Crippen LogP contribution is 2.57. The van der Waals surface area contributed by atoms with Crippen LogP contribution >= 0.6 is 0 Å². The summed E-state index contributed by atoms with van der Waals surface area (Å²) in [5.74, 6) is 0.499. The molecule has 2 bridgehead atoms. The average Bonchev–Trinajstić information content (AvgIpc) is 2.91. The summed E-state index contributed by atoms with van der Waals surface area (Å²) in [4.78, 5) is 11.7. The Morgan fingerprint density at radius 3 is 2.59 bits per heavy atom. The van der Waals surface area contributed by atoms with Gasteiger partial charge in [0, 0.05) is 0 Å². The van der Waals surface area contributed by atoms with Crippen molar-refractivity contribution in [1.29, 1.82) is 0 Å². The Hall–Kier alpha value is -1.31. The first-order valence-corrected chi connectivity index (χ1v) is 6.48. The third-order valence-corrected chi connectivity index (χ3v) is 4.76. The number of hydrogen-bond donors (Lipinski definition) is 1. The van der Waals surface area contributed by atoms with E-state index in [0.29, 0.717) is 18.3 Å². The van der Waals surface area contributed by atoms with Gasteiger partial charge in [-0.3, -0.25) is 4.79 Å². The molecule has 2 aliphatic rings. The van der Waals surface area contributed by atoms with Crippen LogP contribution in [0.4, 0.5) is 0 Å². The largest absolute Gasteiger partial charge is 0.481 e. The van der Waals surface area contributed by atoms with Crippen molar-refractivity contribution in [2.75, 3.05) is 0 Å². The fraction of sp³-hybridized carbons (Fsp3) is 0.533. The number of carbonyl (C=O) groups is 1. The third-order valence-electron chi connectivity index (χ3n) is 4.76. The second-order valence-corrected chi connectivity index (χ2v) is 5.70. The quantitative estimate of drug-likeness (QED) is 0.866. The molecule has 1 N–H and O–H groups in total. The van der Waals surface area contributed by atoms with Crippen molar-refractivity contribution in [2.45, 2.75) is 32.1 Å². The Bertz CT molecular complexity index is 426. The summed E-state index contributed by atoms with van der Waals surface area (Å²) in [6.45, 7) is 0. The van der Waals surface area contributed by atoms with Crippen molar-refractivity contribution in [3.8, 4) is 0 Å². The topological polar surface area (TPSA) is 37.3 Å². The number of carboxylic acids is 1. The summed E-state index contributed by atoms with van der Waals surface area (Å²) in [6, 6.07) is 10.1. The van der Waals surface area contributed by atoms with Crippen molar-refractivity contribution < 1.29 is 9.90 Å². The molecule has 3 rings (SSSR count). The lowest BCUT2D eigenvalue weighted by Crippen LogP contribution is -2.38. The van der Waals surface area contributed by atoms with E-state index in [4.69, 9.17) is 0 Å². The number of aliphatic carboxylic acids is 1. The molecule has 2 heteroatoms. The van der Waals surface area contributed by atoms with E-state index in [2.05, 4.69) is 12.1 Å². The molecule has 2 fully saturated rings. The average molecular weight is 230 g/mol.